The number of amides is 1. The molecule has 0 heterocycles. The molecule has 0 saturated heterocycles. The van der Waals surface area contributed by atoms with Gasteiger partial charge in [0.2, 0.25) is 0 Å². The second-order valence-electron chi connectivity index (χ2n) is 9.42. The van der Waals surface area contributed by atoms with Gasteiger partial charge in [0.1, 0.15) is 0 Å². The van der Waals surface area contributed by atoms with Crippen LogP contribution in [0.5, 0.6) is 11.5 Å². The van der Waals surface area contributed by atoms with Crippen LogP contribution in [0.15, 0.2) is 59.8 Å². The normalized spacial score (nSPS) is 11.2. The number of carbonyl (C=O) groups is 2. The first-order valence-corrected chi connectivity index (χ1v) is 13.1. The van der Waals surface area contributed by atoms with E-state index in [4.69, 9.17) is 25.2 Å². The number of nitrogens with two attached hydrogens (primary N) is 1. The number of ether oxygens (including phenoxy) is 3. The Labute approximate surface area is 238 Å². The quantitative estimate of drug-likeness (QED) is 0.0673. The largest absolute Gasteiger partial charge is 0.487 e. The van der Waals surface area contributed by atoms with Gasteiger partial charge in [-0.3, -0.25) is 4.79 Å². The van der Waals surface area contributed by atoms with Gasteiger partial charge in [-0.2, -0.15) is 0 Å². The monoisotopic (exact) mass is 564 g/mol. The van der Waals surface area contributed by atoms with E-state index < -0.39 is 5.97 Å². The summed E-state index contributed by atoms with van der Waals surface area (Å²) in [4.78, 5) is 25.3. The second-order valence-corrected chi connectivity index (χ2v) is 9.42. The van der Waals surface area contributed by atoms with Crippen LogP contribution < -0.4 is 25.8 Å². The number of nitrogens with zero attached hydrogens (tertiary/aromatic N) is 1. The maximum absolute atomic E-state index is 13.3. The molecule has 0 aliphatic carbocycles. The molecule has 11 nitrogen and oxygen atoms in total. The van der Waals surface area contributed by atoms with E-state index in [1.807, 2.05) is 26.8 Å². The van der Waals surface area contributed by atoms with Crippen LogP contribution >= 0.6 is 0 Å². The molecule has 3 rings (SSSR count). The molecular weight excluding hydrogens is 528 g/mol. The summed E-state index contributed by atoms with van der Waals surface area (Å²) in [6.07, 6.45) is -0.191. The molecule has 218 valence electrons. The molecule has 6 N–H and O–H groups in total. The zero-order valence-corrected chi connectivity index (χ0v) is 23.6. The van der Waals surface area contributed by atoms with Crippen molar-refractivity contribution < 1.29 is 34.1 Å². The molecule has 0 atom stereocenters. The predicted octanol–water partition coefficient (Wildman–Crippen LogP) is 4.18. The lowest BCUT2D eigenvalue weighted by Gasteiger charge is -2.20. The summed E-state index contributed by atoms with van der Waals surface area (Å²) in [5.74, 6) is -0.194. The molecule has 0 bridgehead atoms. The third-order valence-corrected chi connectivity index (χ3v) is 5.81. The second kappa shape index (κ2) is 14.6. The molecule has 0 radical (unpaired) electrons. The lowest BCUT2D eigenvalue weighted by Crippen LogP contribution is -2.18. The third-order valence-electron chi connectivity index (χ3n) is 5.81. The maximum Gasteiger partial charge on any atom is 0.344 e. The Morgan fingerprint density at radius 3 is 2.44 bits per heavy atom. The number of benzene rings is 3. The summed E-state index contributed by atoms with van der Waals surface area (Å²) in [6, 6.07) is 15.4. The van der Waals surface area contributed by atoms with Gasteiger partial charge in [0, 0.05) is 29.0 Å². The van der Waals surface area contributed by atoms with Crippen molar-refractivity contribution in [3.05, 3.63) is 82.4 Å². The number of aryl methyl sites for hydroxylation is 1. The smallest absolute Gasteiger partial charge is 0.344 e. The number of rotatable bonds is 13. The number of hydrogen-bond acceptors (Lipinski definition) is 9. The van der Waals surface area contributed by atoms with Crippen LogP contribution in [0.3, 0.4) is 0 Å². The Hall–Kier alpha value is -4.77. The lowest BCUT2D eigenvalue weighted by atomic mass is 10.1. The van der Waals surface area contributed by atoms with E-state index in [1.54, 1.807) is 55.5 Å². The zero-order valence-electron chi connectivity index (χ0n) is 23.6. The number of aliphatic hydroxyl groups excluding tert-OH is 1. The molecule has 11 heteroatoms. The van der Waals surface area contributed by atoms with Crippen LogP contribution in [0.2, 0.25) is 0 Å². The third kappa shape index (κ3) is 8.61. The van der Waals surface area contributed by atoms with Crippen molar-refractivity contribution in [1.29, 1.82) is 0 Å². The van der Waals surface area contributed by atoms with E-state index in [0.29, 0.717) is 45.1 Å². The molecular formula is C30H36N4O7. The van der Waals surface area contributed by atoms with Gasteiger partial charge in [0.15, 0.2) is 23.9 Å². The maximum atomic E-state index is 13.3. The topological polar surface area (TPSA) is 165 Å². The highest BCUT2D eigenvalue weighted by Crippen LogP contribution is 2.35. The van der Waals surface area contributed by atoms with E-state index in [2.05, 4.69) is 15.8 Å². The van der Waals surface area contributed by atoms with E-state index in [-0.39, 0.29) is 44.2 Å². The molecule has 0 aliphatic rings. The first-order chi connectivity index (χ1) is 19.6. The average molecular weight is 565 g/mol. The molecule has 0 fully saturated rings. The summed E-state index contributed by atoms with van der Waals surface area (Å²) in [5.41, 5.74) is 9.70. The van der Waals surface area contributed by atoms with Crippen LogP contribution in [0.4, 0.5) is 11.4 Å². The van der Waals surface area contributed by atoms with Gasteiger partial charge in [-0.05, 0) is 81.8 Å². The Morgan fingerprint density at radius 1 is 1.07 bits per heavy atom. The van der Waals surface area contributed by atoms with Crippen LogP contribution in [-0.2, 0) is 22.7 Å². The standard InChI is InChI=1S/C30H36N4O7/c1-5-39-27(36)17-40-28-22(13-20(16-35)14-26(28)41-18(2)3)15-32-25-11-6-19(4)12-24(25)30(37)33-23-9-7-21(8-10-23)29(31)34-38/h6-14,18,32,35,38H,5,15-17H2,1-4H3,(H2,31,34)(H,33,37). The summed E-state index contributed by atoms with van der Waals surface area (Å²) in [5, 5.41) is 27.8. The number of oxime groups is 1. The lowest BCUT2D eigenvalue weighted by molar-refractivity contribution is -0.145. The molecule has 0 aliphatic heterocycles. The number of esters is 1. The van der Waals surface area contributed by atoms with Gasteiger partial charge in [-0.15, -0.1) is 0 Å². The number of amidine groups is 1. The molecule has 3 aromatic rings. The van der Waals surface area contributed by atoms with Crippen LogP contribution in [0.25, 0.3) is 0 Å². The Bertz CT molecular complexity index is 1390. The van der Waals surface area contributed by atoms with Crippen LogP contribution in [0.1, 0.15) is 53.4 Å². The predicted molar refractivity (Wildman–Crippen MR) is 156 cm³/mol. The van der Waals surface area contributed by atoms with E-state index in [9.17, 15) is 14.7 Å². The zero-order chi connectivity index (χ0) is 29.9. The van der Waals surface area contributed by atoms with E-state index in [0.717, 1.165) is 5.56 Å². The first kappa shape index (κ1) is 30.8. The van der Waals surface area contributed by atoms with Gasteiger partial charge in [-0.25, -0.2) is 4.79 Å². The minimum atomic E-state index is -0.523. The highest BCUT2D eigenvalue weighted by atomic mass is 16.6. The van der Waals surface area contributed by atoms with Crippen molar-refractivity contribution in [3.63, 3.8) is 0 Å². The highest BCUT2D eigenvalue weighted by Gasteiger charge is 2.19. The molecule has 41 heavy (non-hydrogen) atoms. The van der Waals surface area contributed by atoms with Crippen molar-refractivity contribution in [3.8, 4) is 11.5 Å². The molecule has 3 aromatic carbocycles. The highest BCUT2D eigenvalue weighted by molar-refractivity contribution is 6.08. The minimum absolute atomic E-state index is 0.0362. The fourth-order valence-electron chi connectivity index (χ4n) is 3.96. The Balaban J connectivity index is 1.89. The fraction of sp³-hybridized carbons (Fsp3) is 0.300. The van der Waals surface area contributed by atoms with Crippen LogP contribution in [0, 0.1) is 6.92 Å². The molecule has 0 saturated carbocycles. The van der Waals surface area contributed by atoms with Gasteiger partial charge >= 0.3 is 5.97 Å². The van der Waals surface area contributed by atoms with Crippen molar-refractivity contribution >= 4 is 29.1 Å². The number of aliphatic hydroxyl groups is 1. The van der Waals surface area contributed by atoms with Crippen molar-refractivity contribution in [2.24, 2.45) is 10.9 Å². The first-order valence-electron chi connectivity index (χ1n) is 13.1. The van der Waals surface area contributed by atoms with Gasteiger partial charge < -0.3 is 40.9 Å². The Kier molecular flexibility index (Phi) is 10.9. The summed E-state index contributed by atoms with van der Waals surface area (Å²) < 4.78 is 16.8. The number of nitrogens with one attached hydrogen (secondary N) is 2. The molecule has 0 unspecified atom stereocenters. The number of hydrogen-bond donors (Lipinski definition) is 5. The molecule has 0 aromatic heterocycles. The van der Waals surface area contributed by atoms with Crippen LogP contribution in [-0.4, -0.2) is 47.3 Å². The van der Waals surface area contributed by atoms with E-state index >= 15 is 0 Å². The van der Waals surface area contributed by atoms with Crippen molar-refractivity contribution in [1.82, 2.24) is 0 Å². The van der Waals surface area contributed by atoms with E-state index in [1.165, 1.54) is 0 Å². The van der Waals surface area contributed by atoms with Gasteiger partial charge in [-0.1, -0.05) is 16.8 Å². The fourth-order valence-corrected chi connectivity index (χ4v) is 3.96. The van der Waals surface area contributed by atoms with Crippen molar-refractivity contribution in [2.75, 3.05) is 23.8 Å². The SMILES string of the molecule is CCOC(=O)COc1c(CNc2ccc(C)cc2C(=O)Nc2ccc(/C(N)=N/O)cc2)cc(CO)cc1OC(C)C. The summed E-state index contributed by atoms with van der Waals surface area (Å²) in [7, 11) is 0. The summed E-state index contributed by atoms with van der Waals surface area (Å²) in [6.45, 7) is 7.18. The molecule has 1 amide bonds. The minimum Gasteiger partial charge on any atom is -0.487 e. The Morgan fingerprint density at radius 2 is 1.80 bits per heavy atom. The molecule has 0 spiro atoms. The number of carbonyl (C=O) groups excluding carboxylic acids is 2. The van der Waals surface area contributed by atoms with Gasteiger partial charge in [0.25, 0.3) is 5.91 Å². The summed E-state index contributed by atoms with van der Waals surface area (Å²) >= 11 is 0. The number of anilines is 2. The van der Waals surface area contributed by atoms with Crippen molar-refractivity contribution in [2.45, 2.75) is 47.0 Å². The van der Waals surface area contributed by atoms with Gasteiger partial charge in [0.05, 0.1) is 24.9 Å². The average Bonchev–Trinajstić information content (AvgIpc) is 2.95.